The van der Waals surface area contributed by atoms with Gasteiger partial charge in [0.1, 0.15) is 5.82 Å². The maximum absolute atomic E-state index is 16.1. The molecule has 8 rings (SSSR count). The molecule has 0 spiro atoms. The first kappa shape index (κ1) is 33.4. The minimum atomic E-state index is -2.34. The van der Waals surface area contributed by atoms with Crippen LogP contribution in [0.15, 0.2) is 127 Å². The summed E-state index contributed by atoms with van der Waals surface area (Å²) in [6, 6.07) is 39.1. The Labute approximate surface area is 294 Å². The molecule has 256 valence electrons. The summed E-state index contributed by atoms with van der Waals surface area (Å²) in [6.07, 6.45) is 0. The van der Waals surface area contributed by atoms with Crippen molar-refractivity contribution in [2.75, 3.05) is 0 Å². The van der Waals surface area contributed by atoms with Crippen molar-refractivity contribution in [3.8, 4) is 33.9 Å². The number of hydrogen-bond donors (Lipinski definition) is 0. The molecular weight excluding hydrogens is 696 g/mol. The van der Waals surface area contributed by atoms with Gasteiger partial charge in [-0.3, -0.25) is 0 Å². The number of fused-ring (bicyclic) bond motifs is 2. The average Bonchev–Trinajstić information content (AvgIpc) is 3.55. The molecule has 0 fully saturated rings. The van der Waals surface area contributed by atoms with Crippen LogP contribution in [0.4, 0.5) is 30.7 Å². The first-order chi connectivity index (χ1) is 25.2. The molecule has 0 N–H and O–H groups in total. The maximum atomic E-state index is 16.1. The summed E-state index contributed by atoms with van der Waals surface area (Å²) in [7, 11) is 0.101. The predicted molar refractivity (Wildman–Crippen MR) is 193 cm³/mol. The summed E-state index contributed by atoms with van der Waals surface area (Å²) in [4.78, 5) is 5.17. The predicted octanol–water partition coefficient (Wildman–Crippen LogP) is 10.8. The summed E-state index contributed by atoms with van der Waals surface area (Å²) < 4.78 is 108. The average molecular weight is 721 g/mol. The molecule has 1 unspecified atom stereocenters. The van der Waals surface area contributed by atoms with Gasteiger partial charge in [0.15, 0.2) is 40.7 Å². The second-order valence-electron chi connectivity index (χ2n) is 12.1. The fourth-order valence-electron chi connectivity index (χ4n) is 6.65. The van der Waals surface area contributed by atoms with Crippen LogP contribution in [0.5, 0.6) is 0 Å². The normalized spacial score (nSPS) is 11.8. The van der Waals surface area contributed by atoms with Crippen LogP contribution in [0, 0.1) is 40.7 Å². The molecule has 1 aromatic heterocycles. The lowest BCUT2D eigenvalue weighted by Crippen LogP contribution is -2.14. The van der Waals surface area contributed by atoms with Gasteiger partial charge in [-0.05, 0) is 21.4 Å². The zero-order valence-corrected chi connectivity index (χ0v) is 27.9. The Morgan fingerprint density at radius 1 is 0.500 bits per heavy atom. The summed E-state index contributed by atoms with van der Waals surface area (Å²) in [5.41, 5.74) is 1.71. The zero-order valence-electron chi connectivity index (χ0n) is 26.9. The molecule has 0 radical (unpaired) electrons. The van der Waals surface area contributed by atoms with E-state index in [0.717, 1.165) is 21.4 Å². The smallest absolute Gasteiger partial charge is 0.198 e. The van der Waals surface area contributed by atoms with Crippen LogP contribution in [0.2, 0.25) is 0 Å². The van der Waals surface area contributed by atoms with E-state index in [9.17, 15) is 8.78 Å². The topological polar surface area (TPSA) is 17.8 Å². The van der Waals surface area contributed by atoms with Gasteiger partial charge in [0.05, 0.1) is 23.3 Å². The van der Waals surface area contributed by atoms with E-state index in [1.165, 1.54) is 4.57 Å². The van der Waals surface area contributed by atoms with Gasteiger partial charge in [-0.25, -0.2) is 35.7 Å². The molecule has 0 amide bonds. The Hall–Kier alpha value is -5.79. The molecule has 52 heavy (non-hydrogen) atoms. The Morgan fingerprint density at radius 3 is 1.69 bits per heavy atom. The summed E-state index contributed by atoms with van der Waals surface area (Å²) in [5.74, 6) is -14.8. The molecule has 0 saturated carbocycles. The van der Waals surface area contributed by atoms with Crippen LogP contribution in [0.1, 0.15) is 5.56 Å². The molecule has 0 aliphatic carbocycles. The van der Waals surface area contributed by atoms with Crippen molar-refractivity contribution in [1.82, 2.24) is 9.55 Å². The first-order valence-electron chi connectivity index (χ1n) is 16.1. The zero-order chi connectivity index (χ0) is 36.1. The monoisotopic (exact) mass is 720 g/mol. The minimum Gasteiger partial charge on any atom is -0.319 e. The van der Waals surface area contributed by atoms with Gasteiger partial charge in [-0.15, -0.1) is 0 Å². The third kappa shape index (κ3) is 5.53. The highest BCUT2D eigenvalue weighted by molar-refractivity contribution is 7.55. The second kappa shape index (κ2) is 13.4. The maximum Gasteiger partial charge on any atom is 0.198 e. The number of nitrogens with zero attached hydrogens (tertiary/aromatic N) is 2. The van der Waals surface area contributed by atoms with Gasteiger partial charge in [0.25, 0.3) is 0 Å². The molecule has 1 heterocycles. The molecule has 0 saturated heterocycles. The fourth-order valence-corrected chi connectivity index (χ4v) is 7.86. The number of benzene rings is 7. The minimum absolute atomic E-state index is 0.101. The molecule has 0 aliphatic heterocycles. The van der Waals surface area contributed by atoms with Crippen molar-refractivity contribution in [1.29, 1.82) is 0 Å². The number of hydrogen-bond acceptors (Lipinski definition) is 1. The SMILES string of the molecule is Fc1c(F)c(F)c2c(Cn3c(-c4c(Pc5ccccc5)ccc5ccccc45)nc(-c4ccccc4)c3-c3ccccc3)c(F)c(F)c(F)c2c1F. The summed E-state index contributed by atoms with van der Waals surface area (Å²) in [6.45, 7) is -0.780. The molecular formula is C42H24F7N2P. The molecule has 0 aliphatic rings. The van der Waals surface area contributed by atoms with Gasteiger partial charge in [-0.2, -0.15) is 0 Å². The van der Waals surface area contributed by atoms with E-state index in [4.69, 9.17) is 4.98 Å². The van der Waals surface area contributed by atoms with Crippen molar-refractivity contribution in [3.63, 3.8) is 0 Å². The van der Waals surface area contributed by atoms with E-state index in [1.807, 2.05) is 84.9 Å². The molecule has 10 heteroatoms. The number of aromatic nitrogens is 2. The Morgan fingerprint density at radius 2 is 1.04 bits per heavy atom. The number of rotatable bonds is 7. The largest absolute Gasteiger partial charge is 0.319 e. The third-order valence-corrected chi connectivity index (χ3v) is 10.3. The van der Waals surface area contributed by atoms with E-state index in [2.05, 4.69) is 0 Å². The van der Waals surface area contributed by atoms with E-state index in [0.29, 0.717) is 28.1 Å². The number of imidazole rings is 1. The summed E-state index contributed by atoms with van der Waals surface area (Å²) >= 11 is 0. The molecule has 2 nitrogen and oxygen atoms in total. The van der Waals surface area contributed by atoms with E-state index < -0.39 is 63.6 Å². The molecule has 0 bridgehead atoms. The second-order valence-corrected chi connectivity index (χ2v) is 13.4. The van der Waals surface area contributed by atoms with Gasteiger partial charge in [0, 0.05) is 27.6 Å². The van der Waals surface area contributed by atoms with Crippen LogP contribution in [-0.2, 0) is 6.54 Å². The number of halogens is 7. The first-order valence-corrected chi connectivity index (χ1v) is 17.1. The van der Waals surface area contributed by atoms with Gasteiger partial charge < -0.3 is 4.57 Å². The molecule has 7 aromatic carbocycles. The van der Waals surface area contributed by atoms with Crippen molar-refractivity contribution >= 4 is 40.7 Å². The fraction of sp³-hybridized carbons (Fsp3) is 0.0238. The Kier molecular flexibility index (Phi) is 8.60. The highest BCUT2D eigenvalue weighted by Crippen LogP contribution is 2.42. The van der Waals surface area contributed by atoms with E-state index >= 15 is 22.0 Å². The Bertz CT molecular complexity index is 2640. The van der Waals surface area contributed by atoms with Crippen molar-refractivity contribution in [2.24, 2.45) is 0 Å². The van der Waals surface area contributed by atoms with Crippen LogP contribution < -0.4 is 10.6 Å². The third-order valence-electron chi connectivity index (χ3n) is 9.02. The lowest BCUT2D eigenvalue weighted by Gasteiger charge is -2.19. The van der Waals surface area contributed by atoms with Crippen LogP contribution >= 0.6 is 8.58 Å². The van der Waals surface area contributed by atoms with Crippen molar-refractivity contribution in [3.05, 3.63) is 174 Å². The van der Waals surface area contributed by atoms with Gasteiger partial charge in [0.2, 0.25) is 0 Å². The highest BCUT2D eigenvalue weighted by Gasteiger charge is 2.32. The standard InChI is InChI=1S/C42H24F7N2P/c43-33-28(31-32(35(45)37(33)47)36(46)39(49)38(48)34(31)44)22-51-41(25-15-6-2-7-16-25)40(24-13-4-1-5-14-24)50-42(51)30-27-19-11-10-12-23(27)20-21-29(30)52-26-17-8-3-9-18-26/h1-21,52H,22H2. The van der Waals surface area contributed by atoms with Crippen molar-refractivity contribution < 1.29 is 30.7 Å². The van der Waals surface area contributed by atoms with E-state index in [1.54, 1.807) is 42.5 Å². The van der Waals surface area contributed by atoms with Crippen LogP contribution in [-0.4, -0.2) is 9.55 Å². The quantitative estimate of drug-likeness (QED) is 0.0694. The molecule has 8 aromatic rings. The lowest BCUT2D eigenvalue weighted by atomic mass is 9.99. The van der Waals surface area contributed by atoms with Crippen LogP contribution in [0.25, 0.3) is 55.4 Å². The van der Waals surface area contributed by atoms with Crippen LogP contribution in [0.3, 0.4) is 0 Å². The summed E-state index contributed by atoms with van der Waals surface area (Å²) in [5, 5.41) is 0.638. The highest BCUT2D eigenvalue weighted by atomic mass is 31.1. The lowest BCUT2D eigenvalue weighted by molar-refractivity contribution is 0.408. The van der Waals surface area contributed by atoms with E-state index in [-0.39, 0.29) is 14.4 Å². The Balaban J connectivity index is 1.52. The molecule has 1 atom stereocenters. The van der Waals surface area contributed by atoms with Crippen molar-refractivity contribution in [2.45, 2.75) is 6.54 Å². The van der Waals surface area contributed by atoms with Gasteiger partial charge in [-0.1, -0.05) is 136 Å². The van der Waals surface area contributed by atoms with Gasteiger partial charge >= 0.3 is 0 Å².